The molecule has 2 N–H and O–H groups in total. The number of carbonyl (C=O) groups excluding carboxylic acids is 1. The quantitative estimate of drug-likeness (QED) is 0.241. The van der Waals surface area contributed by atoms with E-state index in [-0.39, 0.29) is 22.8 Å². The van der Waals surface area contributed by atoms with Crippen LogP contribution in [-0.2, 0) is 27.5 Å². The zero-order valence-corrected chi connectivity index (χ0v) is 29.2. The minimum absolute atomic E-state index is 0.0499. The van der Waals surface area contributed by atoms with Gasteiger partial charge in [0.05, 0.1) is 17.5 Å². The molecule has 46 heavy (non-hydrogen) atoms. The molecule has 6 rings (SSSR count). The first-order valence-corrected chi connectivity index (χ1v) is 19.3. The fourth-order valence-corrected chi connectivity index (χ4v) is 9.23. The number of nitrogens with zero attached hydrogens (tertiary/aromatic N) is 2. The Morgan fingerprint density at radius 1 is 1.26 bits per heavy atom. The molecule has 8 nitrogen and oxygen atoms in total. The Bertz CT molecular complexity index is 1680. The maximum Gasteiger partial charge on any atom is 0.264 e. The van der Waals surface area contributed by atoms with Crippen molar-refractivity contribution < 1.29 is 23.1 Å². The van der Waals surface area contributed by atoms with E-state index in [9.17, 15) is 18.3 Å². The molecule has 11 heteroatoms. The van der Waals surface area contributed by atoms with Crippen LogP contribution >= 0.6 is 22.9 Å². The summed E-state index contributed by atoms with van der Waals surface area (Å²) in [7, 11) is -3.80. The third-order valence-electron chi connectivity index (χ3n) is 10.4. The van der Waals surface area contributed by atoms with E-state index >= 15 is 0 Å². The summed E-state index contributed by atoms with van der Waals surface area (Å²) < 4.78 is 33.9. The molecule has 1 fully saturated rings. The fraction of sp³-hybridized carbons (Fsp3) is 0.543. The summed E-state index contributed by atoms with van der Waals surface area (Å²) in [5.74, 6) is 0.250. The van der Waals surface area contributed by atoms with Crippen LogP contribution in [0.1, 0.15) is 92.2 Å². The highest BCUT2D eigenvalue weighted by molar-refractivity contribution is 7.90. The Balaban J connectivity index is 1.38. The first kappa shape index (κ1) is 33.2. The Labute approximate surface area is 281 Å². The van der Waals surface area contributed by atoms with Crippen molar-refractivity contribution in [1.82, 2.24) is 9.71 Å². The van der Waals surface area contributed by atoms with Gasteiger partial charge < -0.3 is 14.7 Å². The van der Waals surface area contributed by atoms with Crippen LogP contribution in [0.4, 0.5) is 5.69 Å². The summed E-state index contributed by atoms with van der Waals surface area (Å²) in [5.41, 5.74) is 2.23. The molecule has 0 saturated heterocycles. The van der Waals surface area contributed by atoms with Gasteiger partial charge in [-0.05, 0) is 106 Å². The zero-order chi connectivity index (χ0) is 32.7. The SMILES string of the molecule is CCCC[C@](O)(c1nccs1)[C@@H]1CC[C@H]1CN1C[C@@]2(CCCc3cc(Cl)ccc32)COc2ccc(C(=O)NS(=O)(=O)C(C)C)cc21. The van der Waals surface area contributed by atoms with Crippen molar-refractivity contribution in [2.75, 3.05) is 24.6 Å². The maximum atomic E-state index is 13.2. The predicted octanol–water partition coefficient (Wildman–Crippen LogP) is 6.84. The van der Waals surface area contributed by atoms with E-state index in [1.165, 1.54) is 22.5 Å². The molecule has 2 aromatic carbocycles. The molecular weight excluding hydrogens is 642 g/mol. The molecule has 1 aliphatic heterocycles. The average Bonchev–Trinajstić information content (AvgIpc) is 3.51. The van der Waals surface area contributed by atoms with Crippen LogP contribution < -0.4 is 14.4 Å². The van der Waals surface area contributed by atoms with Gasteiger partial charge in [0.15, 0.2) is 0 Å². The molecule has 248 valence electrons. The monoisotopic (exact) mass is 685 g/mol. The van der Waals surface area contributed by atoms with Crippen molar-refractivity contribution in [1.29, 1.82) is 0 Å². The number of hydrogen-bond acceptors (Lipinski definition) is 8. The number of anilines is 1. The van der Waals surface area contributed by atoms with Crippen LogP contribution in [0.25, 0.3) is 0 Å². The summed E-state index contributed by atoms with van der Waals surface area (Å²) >= 11 is 7.95. The van der Waals surface area contributed by atoms with E-state index in [1.807, 2.05) is 11.4 Å². The lowest BCUT2D eigenvalue weighted by atomic mass is 9.63. The molecule has 3 aromatic rings. The van der Waals surface area contributed by atoms with Crippen LogP contribution in [0.15, 0.2) is 48.0 Å². The molecule has 0 radical (unpaired) electrons. The smallest absolute Gasteiger partial charge is 0.264 e. The summed E-state index contributed by atoms with van der Waals surface area (Å²) in [6.07, 6.45) is 9.16. The predicted molar refractivity (Wildman–Crippen MR) is 183 cm³/mol. The zero-order valence-electron chi connectivity index (χ0n) is 26.8. The van der Waals surface area contributed by atoms with Crippen LogP contribution in [0.5, 0.6) is 5.75 Å². The molecule has 1 aromatic heterocycles. The third-order valence-corrected chi connectivity index (χ3v) is 13.2. The Kier molecular flexibility index (Phi) is 9.46. The number of unbranched alkanes of at least 4 members (excludes halogenated alkanes) is 1. The third kappa shape index (κ3) is 6.30. The van der Waals surface area contributed by atoms with E-state index in [2.05, 4.69) is 33.7 Å². The second-order valence-corrected chi connectivity index (χ2v) is 17.2. The molecule has 0 unspecified atom stereocenters. The Morgan fingerprint density at radius 2 is 2.09 bits per heavy atom. The van der Waals surface area contributed by atoms with E-state index in [0.717, 1.165) is 60.7 Å². The van der Waals surface area contributed by atoms with Crippen LogP contribution in [0.2, 0.25) is 5.02 Å². The highest BCUT2D eigenvalue weighted by atomic mass is 35.5. The number of halogens is 1. The van der Waals surface area contributed by atoms with Gasteiger partial charge in [0.25, 0.3) is 5.91 Å². The molecular formula is C35H44ClN3O5S2. The number of sulfonamides is 1. The Hall–Kier alpha value is -2.66. The number of thiazole rings is 1. The van der Waals surface area contributed by atoms with Gasteiger partial charge in [-0.3, -0.25) is 4.79 Å². The van der Waals surface area contributed by atoms with E-state index in [0.29, 0.717) is 31.9 Å². The van der Waals surface area contributed by atoms with Gasteiger partial charge in [-0.25, -0.2) is 18.1 Å². The van der Waals surface area contributed by atoms with Crippen molar-refractivity contribution in [2.45, 2.75) is 88.4 Å². The molecule has 1 saturated carbocycles. The second kappa shape index (κ2) is 13.1. The summed E-state index contributed by atoms with van der Waals surface area (Å²) in [4.78, 5) is 20.1. The standard InChI is InChI=1S/C35H44ClN3O5S2/c1-4-5-15-35(41,33-37-16-17-45-33)29-11-8-26(29)20-39-21-34(14-6-7-24-18-27(36)10-12-28(24)34)22-44-31-13-9-25(19-30(31)39)32(40)38-46(42,43)23(2)3/h9-10,12-13,16-19,23,26,29,41H,4-8,11,14-15,20-22H2,1-3H3,(H,38,40)/t26-,29+,34-,35+/m0/s1. The number of aromatic nitrogens is 1. The van der Waals surface area contributed by atoms with Gasteiger partial charge in [0, 0.05) is 40.7 Å². The Morgan fingerprint density at radius 3 is 2.78 bits per heavy atom. The summed E-state index contributed by atoms with van der Waals surface area (Å²) in [5, 5.41) is 14.9. The number of ether oxygens (including phenoxy) is 1. The molecule has 1 spiro atoms. The first-order valence-electron chi connectivity index (χ1n) is 16.4. The average molecular weight is 686 g/mol. The number of amides is 1. The maximum absolute atomic E-state index is 13.2. The minimum atomic E-state index is -3.80. The molecule has 0 bridgehead atoms. The molecule has 2 aliphatic carbocycles. The van der Waals surface area contributed by atoms with Gasteiger partial charge in [0.1, 0.15) is 16.4 Å². The number of rotatable bonds is 10. The van der Waals surface area contributed by atoms with Gasteiger partial charge in [-0.2, -0.15) is 0 Å². The lowest BCUT2D eigenvalue weighted by Crippen LogP contribution is -2.52. The molecule has 3 aliphatic rings. The van der Waals surface area contributed by atoms with Crippen molar-refractivity contribution in [3.8, 4) is 5.75 Å². The number of carbonyl (C=O) groups is 1. The normalized spacial score (nSPS) is 23.9. The molecule has 2 heterocycles. The van der Waals surface area contributed by atoms with E-state index in [4.69, 9.17) is 16.3 Å². The largest absolute Gasteiger partial charge is 0.490 e. The number of aliphatic hydroxyl groups is 1. The fourth-order valence-electron chi connectivity index (χ4n) is 7.60. The lowest BCUT2D eigenvalue weighted by molar-refractivity contribution is -0.0945. The summed E-state index contributed by atoms with van der Waals surface area (Å²) in [6, 6.07) is 11.4. The van der Waals surface area contributed by atoms with E-state index < -0.39 is 26.8 Å². The van der Waals surface area contributed by atoms with Crippen molar-refractivity contribution in [3.63, 3.8) is 0 Å². The van der Waals surface area contributed by atoms with Crippen molar-refractivity contribution >= 4 is 44.6 Å². The van der Waals surface area contributed by atoms with Crippen molar-refractivity contribution in [2.24, 2.45) is 11.8 Å². The number of fused-ring (bicyclic) bond motifs is 3. The topological polar surface area (TPSA) is 109 Å². The number of benzene rings is 2. The first-order chi connectivity index (χ1) is 22.0. The van der Waals surface area contributed by atoms with Crippen LogP contribution in [0.3, 0.4) is 0 Å². The highest BCUT2D eigenvalue weighted by Crippen LogP contribution is 2.52. The van der Waals surface area contributed by atoms with Gasteiger partial charge >= 0.3 is 0 Å². The number of aryl methyl sites for hydroxylation is 1. The van der Waals surface area contributed by atoms with Crippen LogP contribution in [-0.4, -0.2) is 49.4 Å². The van der Waals surface area contributed by atoms with Crippen molar-refractivity contribution in [3.05, 3.63) is 74.7 Å². The second-order valence-electron chi connectivity index (χ2n) is 13.6. The number of nitrogens with one attached hydrogen (secondary N) is 1. The van der Waals surface area contributed by atoms with Crippen LogP contribution in [0, 0.1) is 11.8 Å². The van der Waals surface area contributed by atoms with Gasteiger partial charge in [-0.15, -0.1) is 11.3 Å². The number of hydrogen-bond donors (Lipinski definition) is 2. The lowest BCUT2D eigenvalue weighted by Gasteiger charge is -2.49. The minimum Gasteiger partial charge on any atom is -0.490 e. The van der Waals surface area contributed by atoms with E-state index in [1.54, 1.807) is 38.2 Å². The summed E-state index contributed by atoms with van der Waals surface area (Å²) in [6.45, 7) is 7.03. The van der Waals surface area contributed by atoms with Gasteiger partial charge in [0.2, 0.25) is 10.0 Å². The molecule has 1 amide bonds. The van der Waals surface area contributed by atoms with Gasteiger partial charge in [-0.1, -0.05) is 37.4 Å². The molecule has 4 atom stereocenters. The highest BCUT2D eigenvalue weighted by Gasteiger charge is 2.50.